The van der Waals surface area contributed by atoms with E-state index in [0.29, 0.717) is 24.3 Å². The number of ether oxygens (including phenoxy) is 1. The number of allylic oxidation sites excluding steroid dienone is 1. The zero-order valence-corrected chi connectivity index (χ0v) is 18.4. The first-order chi connectivity index (χ1) is 15.5. The van der Waals surface area contributed by atoms with Gasteiger partial charge in [-0.25, -0.2) is 9.78 Å². The molecule has 0 fully saturated rings. The van der Waals surface area contributed by atoms with Crippen molar-refractivity contribution in [2.24, 2.45) is 0 Å². The van der Waals surface area contributed by atoms with Crippen molar-refractivity contribution >= 4 is 23.1 Å². The Morgan fingerprint density at radius 2 is 1.91 bits per heavy atom. The van der Waals surface area contributed by atoms with Crippen LogP contribution in [-0.4, -0.2) is 26.7 Å². The van der Waals surface area contributed by atoms with Crippen LogP contribution >= 0.6 is 0 Å². The second kappa shape index (κ2) is 8.94. The topological polar surface area (TPSA) is 72.8 Å². The number of nitriles is 1. The molecule has 0 aliphatic heterocycles. The monoisotopic (exact) mass is 424 g/mol. The maximum absolute atomic E-state index is 12.5. The maximum atomic E-state index is 12.5. The van der Waals surface area contributed by atoms with Gasteiger partial charge in [0.25, 0.3) is 0 Å². The summed E-state index contributed by atoms with van der Waals surface area (Å²) in [6.07, 6.45) is 3.66. The van der Waals surface area contributed by atoms with Crippen LogP contribution in [0.15, 0.2) is 66.5 Å². The first-order valence-corrected chi connectivity index (χ1v) is 10.5. The Hall–Kier alpha value is -4.11. The number of carbonyl (C=O) groups excluding carboxylic acids is 1. The standard InChI is InChI=1S/C26H24N4O2/c1-4-32-26(31)22-9-5-7-11-24(22)30-18(2)13-21(19(30)3)14-20(15-27)16-29-17-28-23-10-6-8-12-25(23)29/h5-14,17H,4,16H2,1-3H3/b20-14-. The molecule has 0 atom stereocenters. The summed E-state index contributed by atoms with van der Waals surface area (Å²) in [4.78, 5) is 16.9. The van der Waals surface area contributed by atoms with Crippen molar-refractivity contribution in [2.75, 3.05) is 6.61 Å². The Balaban J connectivity index is 1.72. The molecule has 0 saturated heterocycles. The van der Waals surface area contributed by atoms with Gasteiger partial charge in [0.05, 0.1) is 47.8 Å². The van der Waals surface area contributed by atoms with Crippen molar-refractivity contribution in [1.82, 2.24) is 14.1 Å². The van der Waals surface area contributed by atoms with E-state index in [1.807, 2.05) is 77.6 Å². The lowest BCUT2D eigenvalue weighted by Crippen LogP contribution is -2.11. The van der Waals surface area contributed by atoms with E-state index in [4.69, 9.17) is 4.74 Å². The predicted molar refractivity (Wildman–Crippen MR) is 125 cm³/mol. The van der Waals surface area contributed by atoms with Gasteiger partial charge in [0.15, 0.2) is 0 Å². The molecule has 160 valence electrons. The number of imidazole rings is 1. The van der Waals surface area contributed by atoms with Crippen molar-refractivity contribution in [3.63, 3.8) is 0 Å². The van der Waals surface area contributed by atoms with Crippen LogP contribution in [-0.2, 0) is 11.3 Å². The molecule has 4 rings (SSSR count). The van der Waals surface area contributed by atoms with Crippen LogP contribution in [0.25, 0.3) is 22.8 Å². The average molecular weight is 425 g/mol. The fourth-order valence-electron chi connectivity index (χ4n) is 3.98. The normalized spacial score (nSPS) is 11.5. The quantitative estimate of drug-likeness (QED) is 0.314. The van der Waals surface area contributed by atoms with E-state index in [1.54, 1.807) is 19.3 Å². The molecular weight excluding hydrogens is 400 g/mol. The highest BCUT2D eigenvalue weighted by Crippen LogP contribution is 2.26. The molecule has 2 aromatic carbocycles. The number of para-hydroxylation sites is 3. The van der Waals surface area contributed by atoms with E-state index in [9.17, 15) is 10.1 Å². The Labute approximate surface area is 187 Å². The second-order valence-electron chi connectivity index (χ2n) is 7.54. The molecule has 0 aliphatic carbocycles. The molecule has 0 amide bonds. The molecule has 6 nitrogen and oxygen atoms in total. The average Bonchev–Trinajstić information content (AvgIpc) is 3.33. The summed E-state index contributed by atoms with van der Waals surface area (Å²) in [6.45, 7) is 6.52. The van der Waals surface area contributed by atoms with Crippen LogP contribution in [0.5, 0.6) is 0 Å². The summed E-state index contributed by atoms with van der Waals surface area (Å²) in [5.74, 6) is -0.350. The largest absolute Gasteiger partial charge is 0.462 e. The van der Waals surface area contributed by atoms with Gasteiger partial charge in [0, 0.05) is 17.0 Å². The molecule has 0 radical (unpaired) electrons. The molecule has 32 heavy (non-hydrogen) atoms. The summed E-state index contributed by atoms with van der Waals surface area (Å²) < 4.78 is 9.24. The van der Waals surface area contributed by atoms with Gasteiger partial charge >= 0.3 is 5.97 Å². The van der Waals surface area contributed by atoms with Gasteiger partial charge in [-0.1, -0.05) is 24.3 Å². The first-order valence-electron chi connectivity index (χ1n) is 10.5. The van der Waals surface area contributed by atoms with Crippen LogP contribution in [0, 0.1) is 25.2 Å². The number of benzene rings is 2. The van der Waals surface area contributed by atoms with Gasteiger partial charge in [0.1, 0.15) is 0 Å². The van der Waals surface area contributed by atoms with Crippen LogP contribution < -0.4 is 0 Å². The lowest BCUT2D eigenvalue weighted by Gasteiger charge is -2.14. The molecule has 6 heteroatoms. The number of aromatic nitrogens is 3. The number of carbonyl (C=O) groups is 1. The molecule has 0 saturated carbocycles. The number of hydrogen-bond donors (Lipinski definition) is 0. The third-order valence-corrected chi connectivity index (χ3v) is 5.45. The number of aryl methyl sites for hydroxylation is 1. The molecular formula is C26H24N4O2. The third kappa shape index (κ3) is 3.93. The minimum atomic E-state index is -0.350. The van der Waals surface area contributed by atoms with Crippen LogP contribution in [0.4, 0.5) is 0 Å². The number of nitrogens with zero attached hydrogens (tertiary/aromatic N) is 4. The Kier molecular flexibility index (Phi) is 5.91. The number of rotatable bonds is 6. The molecule has 4 aromatic rings. The second-order valence-corrected chi connectivity index (χ2v) is 7.54. The van der Waals surface area contributed by atoms with Crippen molar-refractivity contribution in [3.8, 4) is 11.8 Å². The molecule has 2 heterocycles. The molecule has 0 aliphatic rings. The highest BCUT2D eigenvalue weighted by molar-refractivity contribution is 5.93. The van der Waals surface area contributed by atoms with Crippen LogP contribution in [0.3, 0.4) is 0 Å². The number of fused-ring (bicyclic) bond motifs is 1. The highest BCUT2D eigenvalue weighted by Gasteiger charge is 2.17. The summed E-state index contributed by atoms with van der Waals surface area (Å²) in [5.41, 5.74) is 6.63. The lowest BCUT2D eigenvalue weighted by atomic mass is 10.1. The zero-order chi connectivity index (χ0) is 22.7. The van der Waals surface area contributed by atoms with Gasteiger partial charge in [-0.05, 0) is 62.7 Å². The van der Waals surface area contributed by atoms with E-state index >= 15 is 0 Å². The minimum absolute atomic E-state index is 0.319. The third-order valence-electron chi connectivity index (χ3n) is 5.45. The molecule has 0 spiro atoms. The fraction of sp³-hybridized carbons (Fsp3) is 0.192. The summed E-state index contributed by atoms with van der Waals surface area (Å²) in [6, 6.07) is 19.6. The fourth-order valence-corrected chi connectivity index (χ4v) is 3.98. The Bertz CT molecular complexity index is 1370. The van der Waals surface area contributed by atoms with Crippen LogP contribution in [0.1, 0.15) is 34.2 Å². The molecule has 2 aromatic heterocycles. The van der Waals surface area contributed by atoms with Gasteiger partial charge in [0.2, 0.25) is 0 Å². The summed E-state index contributed by atoms with van der Waals surface area (Å²) in [7, 11) is 0. The SMILES string of the molecule is CCOC(=O)c1ccccc1-n1c(C)cc(/C=C(/C#N)Cn2cnc3ccccc32)c1C. The molecule has 0 bridgehead atoms. The van der Waals surface area contributed by atoms with Crippen molar-refractivity contribution in [1.29, 1.82) is 5.26 Å². The number of hydrogen-bond acceptors (Lipinski definition) is 4. The van der Waals surface area contributed by atoms with Crippen molar-refractivity contribution in [2.45, 2.75) is 27.3 Å². The van der Waals surface area contributed by atoms with Crippen molar-refractivity contribution < 1.29 is 9.53 Å². The predicted octanol–water partition coefficient (Wildman–Crippen LogP) is 5.23. The van der Waals surface area contributed by atoms with Crippen LogP contribution in [0.2, 0.25) is 0 Å². The summed E-state index contributed by atoms with van der Waals surface area (Å²) in [5, 5.41) is 9.80. The maximum Gasteiger partial charge on any atom is 0.340 e. The van der Waals surface area contributed by atoms with E-state index in [2.05, 4.69) is 11.1 Å². The van der Waals surface area contributed by atoms with Gasteiger partial charge < -0.3 is 13.9 Å². The first kappa shape index (κ1) is 21.1. The highest BCUT2D eigenvalue weighted by atomic mass is 16.5. The van der Waals surface area contributed by atoms with E-state index < -0.39 is 0 Å². The van der Waals surface area contributed by atoms with E-state index in [1.165, 1.54) is 0 Å². The van der Waals surface area contributed by atoms with Gasteiger partial charge in [-0.15, -0.1) is 0 Å². The minimum Gasteiger partial charge on any atom is -0.462 e. The lowest BCUT2D eigenvalue weighted by molar-refractivity contribution is 0.0526. The molecule has 0 unspecified atom stereocenters. The van der Waals surface area contributed by atoms with E-state index in [-0.39, 0.29) is 5.97 Å². The van der Waals surface area contributed by atoms with Gasteiger partial charge in [-0.2, -0.15) is 5.26 Å². The smallest absolute Gasteiger partial charge is 0.340 e. The Morgan fingerprint density at radius 3 is 2.69 bits per heavy atom. The number of esters is 1. The zero-order valence-electron chi connectivity index (χ0n) is 18.4. The summed E-state index contributed by atoms with van der Waals surface area (Å²) >= 11 is 0. The van der Waals surface area contributed by atoms with Crippen molar-refractivity contribution in [3.05, 3.63) is 89.0 Å². The van der Waals surface area contributed by atoms with Gasteiger partial charge in [-0.3, -0.25) is 0 Å². The van der Waals surface area contributed by atoms with E-state index in [0.717, 1.165) is 33.7 Å². The Morgan fingerprint density at radius 1 is 1.16 bits per heavy atom. The molecule has 0 N–H and O–H groups in total.